The van der Waals surface area contributed by atoms with E-state index in [0.717, 1.165) is 12.3 Å². The third-order valence-corrected chi connectivity index (χ3v) is 1.90. The second-order valence-corrected chi connectivity index (χ2v) is 3.21. The maximum atomic E-state index is 10.6. The Hall–Kier alpha value is -0.517. The van der Waals surface area contributed by atoms with Crippen LogP contribution in [-0.2, 0) is 29.6 Å². The van der Waals surface area contributed by atoms with Gasteiger partial charge in [0.25, 0.3) is 0 Å². The quantitative estimate of drug-likeness (QED) is 0.312. The summed E-state index contributed by atoms with van der Waals surface area (Å²) < 4.78 is 29.3. The average Bonchev–Trinajstić information content (AvgIpc) is 1.86. The van der Waals surface area contributed by atoms with Crippen molar-refractivity contribution in [1.29, 1.82) is 0 Å². The van der Waals surface area contributed by atoms with Crippen LogP contribution in [0.2, 0.25) is 0 Å². The van der Waals surface area contributed by atoms with Gasteiger partial charge in [0.1, 0.15) is 0 Å². The van der Waals surface area contributed by atoms with Crippen molar-refractivity contribution in [3.63, 3.8) is 0 Å². The van der Waals surface area contributed by atoms with Gasteiger partial charge in [-0.2, -0.15) is 13.1 Å². The molecule has 0 saturated heterocycles. The molecular formula is C5H5NO4SZn. The Kier molecular flexibility index (Phi) is 3.76. The number of nitrogens with zero attached hydrogens (tertiary/aromatic N) is 1. The first-order chi connectivity index (χ1) is 5.02. The molecule has 0 bridgehead atoms. The maximum absolute atomic E-state index is 10.6. The summed E-state index contributed by atoms with van der Waals surface area (Å²) in [4.78, 5) is 0. The van der Waals surface area contributed by atoms with Crippen LogP contribution >= 0.6 is 0 Å². The first-order valence-electron chi connectivity index (χ1n) is 2.67. The molecule has 0 amide bonds. The largest absolute Gasteiger partial charge is 0.618 e. The van der Waals surface area contributed by atoms with Crippen molar-refractivity contribution in [3.8, 4) is 0 Å². The Morgan fingerprint density at radius 3 is 2.33 bits per heavy atom. The molecule has 1 aromatic rings. The minimum absolute atomic E-state index is 0. The van der Waals surface area contributed by atoms with Crippen LogP contribution in [0.5, 0.6) is 0 Å². The Labute approximate surface area is 82.1 Å². The Morgan fingerprint density at radius 2 is 2.00 bits per heavy atom. The van der Waals surface area contributed by atoms with Crippen LogP contribution in [-0.4, -0.2) is 13.0 Å². The summed E-state index contributed by atoms with van der Waals surface area (Å²) in [7, 11) is -4.38. The van der Waals surface area contributed by atoms with E-state index in [0.29, 0.717) is 0 Å². The van der Waals surface area contributed by atoms with Gasteiger partial charge >= 0.3 is 15.1 Å². The van der Waals surface area contributed by atoms with Gasteiger partial charge in [-0.15, -0.1) is 0 Å². The van der Waals surface area contributed by atoms with Crippen molar-refractivity contribution in [2.24, 2.45) is 0 Å². The van der Waals surface area contributed by atoms with Gasteiger partial charge in [-0.05, 0) is 6.07 Å². The molecule has 12 heavy (non-hydrogen) atoms. The summed E-state index contributed by atoms with van der Waals surface area (Å²) in [5, 5.41) is 9.98. The second-order valence-electron chi connectivity index (χ2n) is 1.84. The van der Waals surface area contributed by atoms with Crippen LogP contribution < -0.4 is 4.73 Å². The standard InChI is InChI=1S/C5H5NO4S.Zn/c7-6-4-2-1-3-5(6)11(8,9)10;/h1-4H,(H,8,9,10);. The molecule has 0 spiro atoms. The molecule has 0 saturated carbocycles. The molecular weight excluding hydrogens is 236 g/mol. The molecule has 0 atom stereocenters. The van der Waals surface area contributed by atoms with E-state index in [1.807, 2.05) is 0 Å². The van der Waals surface area contributed by atoms with Crippen LogP contribution in [0.1, 0.15) is 0 Å². The smallest absolute Gasteiger partial charge is 0.356 e. The van der Waals surface area contributed by atoms with Crippen molar-refractivity contribution < 1.29 is 37.2 Å². The fraction of sp³-hybridized carbons (Fsp3) is 0. The average molecular weight is 241 g/mol. The van der Waals surface area contributed by atoms with Gasteiger partial charge in [-0.25, -0.2) is 0 Å². The Morgan fingerprint density at radius 1 is 1.42 bits per heavy atom. The van der Waals surface area contributed by atoms with Crippen LogP contribution in [0.4, 0.5) is 0 Å². The van der Waals surface area contributed by atoms with E-state index in [-0.39, 0.29) is 24.2 Å². The third kappa shape index (κ3) is 2.51. The molecule has 5 nitrogen and oxygen atoms in total. The van der Waals surface area contributed by atoms with Gasteiger partial charge in [0.15, 0.2) is 6.20 Å². The molecule has 0 unspecified atom stereocenters. The number of pyridine rings is 1. The van der Waals surface area contributed by atoms with Crippen molar-refractivity contribution in [1.82, 2.24) is 0 Å². The third-order valence-electron chi connectivity index (χ3n) is 1.05. The summed E-state index contributed by atoms with van der Waals surface area (Å²) >= 11 is 0. The van der Waals surface area contributed by atoms with Crippen LogP contribution in [0.15, 0.2) is 29.4 Å². The molecule has 1 N–H and O–H groups in total. The Balaban J connectivity index is 0.00000121. The first-order valence-corrected chi connectivity index (χ1v) is 4.11. The normalized spacial score (nSPS) is 10.4. The van der Waals surface area contributed by atoms with E-state index in [1.165, 1.54) is 12.1 Å². The predicted octanol–water partition coefficient (Wildman–Crippen LogP) is -0.436. The molecule has 0 radical (unpaired) electrons. The minimum atomic E-state index is -4.38. The maximum Gasteiger partial charge on any atom is 0.356 e. The fourth-order valence-electron chi connectivity index (χ4n) is 0.612. The van der Waals surface area contributed by atoms with Gasteiger partial charge in [-0.3, -0.25) is 4.55 Å². The summed E-state index contributed by atoms with van der Waals surface area (Å²) in [6.07, 6.45) is 0.989. The zero-order chi connectivity index (χ0) is 8.48. The molecule has 62 valence electrons. The Bertz CT molecular complexity index is 363. The summed E-state index contributed by atoms with van der Waals surface area (Å²) in [5.41, 5.74) is 0. The predicted molar refractivity (Wildman–Crippen MR) is 35.2 cm³/mol. The van der Waals surface area contributed by atoms with Crippen LogP contribution in [0.3, 0.4) is 0 Å². The zero-order valence-corrected chi connectivity index (χ0v) is 9.83. The van der Waals surface area contributed by atoms with E-state index < -0.39 is 15.1 Å². The van der Waals surface area contributed by atoms with Crippen molar-refractivity contribution in [2.45, 2.75) is 5.03 Å². The van der Waals surface area contributed by atoms with Gasteiger partial charge < -0.3 is 5.21 Å². The summed E-state index contributed by atoms with van der Waals surface area (Å²) in [5.74, 6) is 0. The molecule has 0 aromatic carbocycles. The topological polar surface area (TPSA) is 81.3 Å². The molecule has 1 rings (SSSR count). The van der Waals surface area contributed by atoms with Gasteiger partial charge in [0.05, 0.1) is 0 Å². The van der Waals surface area contributed by atoms with Crippen molar-refractivity contribution in [2.75, 3.05) is 0 Å². The fourth-order valence-corrected chi connectivity index (χ4v) is 1.15. The molecule has 0 fully saturated rings. The van der Waals surface area contributed by atoms with E-state index in [2.05, 4.69) is 0 Å². The molecule has 0 aliphatic rings. The van der Waals surface area contributed by atoms with Crippen LogP contribution in [0.25, 0.3) is 0 Å². The molecule has 0 aliphatic heterocycles. The molecule has 1 aromatic heterocycles. The van der Waals surface area contributed by atoms with Gasteiger partial charge in [0, 0.05) is 31.6 Å². The van der Waals surface area contributed by atoms with Gasteiger partial charge in [-0.1, -0.05) is 0 Å². The monoisotopic (exact) mass is 239 g/mol. The molecule has 7 heteroatoms. The van der Waals surface area contributed by atoms with Crippen molar-refractivity contribution in [3.05, 3.63) is 29.6 Å². The number of hydrogen-bond acceptors (Lipinski definition) is 3. The first kappa shape index (κ1) is 11.5. The molecule has 1 heterocycles. The van der Waals surface area contributed by atoms with E-state index in [4.69, 9.17) is 4.55 Å². The zero-order valence-electron chi connectivity index (χ0n) is 6.04. The van der Waals surface area contributed by atoms with Crippen LogP contribution in [0, 0.1) is 5.21 Å². The minimum Gasteiger partial charge on any atom is -0.618 e. The summed E-state index contributed by atoms with van der Waals surface area (Å²) in [6, 6.07) is 3.72. The number of aromatic nitrogens is 1. The van der Waals surface area contributed by atoms with E-state index in [9.17, 15) is 13.6 Å². The second kappa shape index (κ2) is 3.93. The van der Waals surface area contributed by atoms with E-state index >= 15 is 0 Å². The molecule has 0 aliphatic carbocycles. The van der Waals surface area contributed by atoms with Crippen molar-refractivity contribution >= 4 is 10.1 Å². The van der Waals surface area contributed by atoms with Gasteiger partial charge in [0.2, 0.25) is 0 Å². The SMILES string of the molecule is O=S(=O)(O)c1cccc[n+]1[O-].[Zn]. The number of rotatable bonds is 1. The summed E-state index contributed by atoms with van der Waals surface area (Å²) in [6.45, 7) is 0. The number of hydrogen-bond donors (Lipinski definition) is 1. The van der Waals surface area contributed by atoms with E-state index in [1.54, 1.807) is 0 Å².